The Kier molecular flexibility index (Phi) is 4.47. The number of benzene rings is 1. The van der Waals surface area contributed by atoms with Gasteiger partial charge in [-0.1, -0.05) is 52.0 Å². The summed E-state index contributed by atoms with van der Waals surface area (Å²) >= 11 is 0. The molecule has 0 bridgehead atoms. The molecule has 17 heavy (non-hydrogen) atoms. The van der Waals surface area contributed by atoms with Gasteiger partial charge < -0.3 is 5.73 Å². The highest BCUT2D eigenvalue weighted by atomic mass is 16.1. The van der Waals surface area contributed by atoms with Crippen LogP contribution in [0.3, 0.4) is 0 Å². The molecule has 1 unspecified atom stereocenters. The molecule has 0 aromatic heterocycles. The third kappa shape index (κ3) is 3.97. The Morgan fingerprint density at radius 2 is 1.76 bits per heavy atom. The third-order valence-corrected chi connectivity index (χ3v) is 3.20. The zero-order valence-corrected chi connectivity index (χ0v) is 11.3. The van der Waals surface area contributed by atoms with Crippen LogP contribution in [0, 0.1) is 5.41 Å². The van der Waals surface area contributed by atoms with E-state index in [-0.39, 0.29) is 17.2 Å². The van der Waals surface area contributed by atoms with Gasteiger partial charge in [-0.05, 0) is 17.4 Å². The molecule has 0 amide bonds. The van der Waals surface area contributed by atoms with Crippen LogP contribution in [-0.4, -0.2) is 11.8 Å². The SMILES string of the molecule is CCc1ccc(C(=O)CC(N)C(C)(C)C)cc1. The van der Waals surface area contributed by atoms with Gasteiger partial charge in [-0.25, -0.2) is 0 Å². The molecule has 0 aliphatic rings. The summed E-state index contributed by atoms with van der Waals surface area (Å²) in [7, 11) is 0. The number of hydrogen-bond donors (Lipinski definition) is 1. The zero-order chi connectivity index (χ0) is 13.1. The van der Waals surface area contributed by atoms with E-state index < -0.39 is 0 Å². The fourth-order valence-corrected chi connectivity index (χ4v) is 1.55. The summed E-state index contributed by atoms with van der Waals surface area (Å²) in [4.78, 5) is 12.0. The molecule has 0 aliphatic carbocycles. The van der Waals surface area contributed by atoms with E-state index in [1.807, 2.05) is 24.3 Å². The first kappa shape index (κ1) is 13.9. The van der Waals surface area contributed by atoms with Crippen LogP contribution in [0.5, 0.6) is 0 Å². The molecule has 0 saturated heterocycles. The van der Waals surface area contributed by atoms with Crippen molar-refractivity contribution in [2.75, 3.05) is 0 Å². The summed E-state index contributed by atoms with van der Waals surface area (Å²) in [6.45, 7) is 8.29. The largest absolute Gasteiger partial charge is 0.327 e. The lowest BCUT2D eigenvalue weighted by molar-refractivity contribution is 0.0953. The summed E-state index contributed by atoms with van der Waals surface area (Å²) in [6.07, 6.45) is 1.41. The van der Waals surface area contributed by atoms with E-state index in [2.05, 4.69) is 27.7 Å². The zero-order valence-electron chi connectivity index (χ0n) is 11.3. The second kappa shape index (κ2) is 5.46. The third-order valence-electron chi connectivity index (χ3n) is 3.20. The number of ketones is 1. The molecule has 1 atom stereocenters. The number of nitrogens with two attached hydrogens (primary N) is 1. The minimum absolute atomic E-state index is 0.0288. The number of carbonyl (C=O) groups is 1. The quantitative estimate of drug-likeness (QED) is 0.812. The van der Waals surface area contributed by atoms with Crippen molar-refractivity contribution in [3.63, 3.8) is 0 Å². The molecule has 2 nitrogen and oxygen atoms in total. The van der Waals surface area contributed by atoms with Crippen molar-refractivity contribution in [3.05, 3.63) is 35.4 Å². The fourth-order valence-electron chi connectivity index (χ4n) is 1.55. The first-order valence-corrected chi connectivity index (χ1v) is 6.22. The number of carbonyl (C=O) groups excluding carboxylic acids is 1. The van der Waals surface area contributed by atoms with E-state index in [1.165, 1.54) is 5.56 Å². The van der Waals surface area contributed by atoms with Gasteiger partial charge in [0.2, 0.25) is 0 Å². The lowest BCUT2D eigenvalue weighted by Crippen LogP contribution is -2.36. The molecule has 1 aromatic carbocycles. The maximum atomic E-state index is 12.0. The van der Waals surface area contributed by atoms with Crippen LogP contribution in [-0.2, 0) is 6.42 Å². The lowest BCUT2D eigenvalue weighted by Gasteiger charge is -2.26. The van der Waals surface area contributed by atoms with Gasteiger partial charge in [0, 0.05) is 18.0 Å². The van der Waals surface area contributed by atoms with Crippen LogP contribution in [0.25, 0.3) is 0 Å². The van der Waals surface area contributed by atoms with Gasteiger partial charge in [-0.3, -0.25) is 4.79 Å². The maximum Gasteiger partial charge on any atom is 0.164 e. The number of aryl methyl sites for hydroxylation is 1. The van der Waals surface area contributed by atoms with Gasteiger partial charge >= 0.3 is 0 Å². The predicted octanol–water partition coefficient (Wildman–Crippen LogP) is 3.20. The van der Waals surface area contributed by atoms with E-state index in [1.54, 1.807) is 0 Å². The van der Waals surface area contributed by atoms with E-state index >= 15 is 0 Å². The molecule has 94 valence electrons. The Morgan fingerprint density at radius 3 is 2.18 bits per heavy atom. The van der Waals surface area contributed by atoms with Crippen LogP contribution in [0.4, 0.5) is 0 Å². The van der Waals surface area contributed by atoms with Crippen molar-refractivity contribution in [1.82, 2.24) is 0 Å². The molecule has 2 N–H and O–H groups in total. The normalized spacial score (nSPS) is 13.5. The van der Waals surface area contributed by atoms with Crippen LogP contribution >= 0.6 is 0 Å². The number of Topliss-reactive ketones (excluding diaryl/α,β-unsaturated/α-hetero) is 1. The molecule has 0 saturated carbocycles. The summed E-state index contributed by atoms with van der Waals surface area (Å²) in [5.74, 6) is 0.134. The Bertz CT molecular complexity index is 373. The highest BCUT2D eigenvalue weighted by Crippen LogP contribution is 2.21. The number of rotatable bonds is 4. The van der Waals surface area contributed by atoms with E-state index in [4.69, 9.17) is 5.73 Å². The van der Waals surface area contributed by atoms with Crippen molar-refractivity contribution in [2.45, 2.75) is 46.6 Å². The molecular weight excluding hydrogens is 210 g/mol. The second-order valence-electron chi connectivity index (χ2n) is 5.65. The predicted molar refractivity (Wildman–Crippen MR) is 72.2 cm³/mol. The van der Waals surface area contributed by atoms with Crippen molar-refractivity contribution in [2.24, 2.45) is 11.1 Å². The second-order valence-corrected chi connectivity index (χ2v) is 5.65. The van der Waals surface area contributed by atoms with E-state index in [0.717, 1.165) is 12.0 Å². The van der Waals surface area contributed by atoms with E-state index in [0.29, 0.717) is 6.42 Å². The number of hydrogen-bond acceptors (Lipinski definition) is 2. The summed E-state index contributed by atoms with van der Waals surface area (Å²) in [5.41, 5.74) is 8.01. The summed E-state index contributed by atoms with van der Waals surface area (Å²) < 4.78 is 0. The Hall–Kier alpha value is -1.15. The molecule has 1 rings (SSSR count). The molecule has 0 aliphatic heterocycles. The van der Waals surface area contributed by atoms with Crippen molar-refractivity contribution in [1.29, 1.82) is 0 Å². The minimum Gasteiger partial charge on any atom is -0.327 e. The van der Waals surface area contributed by atoms with Crippen molar-refractivity contribution >= 4 is 5.78 Å². The maximum absolute atomic E-state index is 12.0. The smallest absolute Gasteiger partial charge is 0.164 e. The van der Waals surface area contributed by atoms with Gasteiger partial charge in [-0.2, -0.15) is 0 Å². The molecule has 0 spiro atoms. The Morgan fingerprint density at radius 1 is 1.24 bits per heavy atom. The van der Waals surface area contributed by atoms with Crippen LogP contribution in [0.15, 0.2) is 24.3 Å². The van der Waals surface area contributed by atoms with Crippen molar-refractivity contribution < 1.29 is 4.79 Å². The van der Waals surface area contributed by atoms with Crippen LogP contribution in [0.1, 0.15) is 50.0 Å². The van der Waals surface area contributed by atoms with Gasteiger partial charge in [0.05, 0.1) is 0 Å². The summed E-state index contributed by atoms with van der Waals surface area (Å²) in [6, 6.07) is 7.72. The molecule has 1 aromatic rings. The van der Waals surface area contributed by atoms with Gasteiger partial charge in [0.1, 0.15) is 0 Å². The van der Waals surface area contributed by atoms with Gasteiger partial charge in [-0.15, -0.1) is 0 Å². The first-order chi connectivity index (χ1) is 7.84. The van der Waals surface area contributed by atoms with Crippen molar-refractivity contribution in [3.8, 4) is 0 Å². The summed E-state index contributed by atoms with van der Waals surface area (Å²) in [5, 5.41) is 0. The van der Waals surface area contributed by atoms with Crippen LogP contribution < -0.4 is 5.73 Å². The molecule has 0 fully saturated rings. The van der Waals surface area contributed by atoms with Gasteiger partial charge in [0.25, 0.3) is 0 Å². The molecule has 0 heterocycles. The first-order valence-electron chi connectivity index (χ1n) is 6.22. The molecule has 0 radical (unpaired) electrons. The Balaban J connectivity index is 2.70. The average Bonchev–Trinajstić information content (AvgIpc) is 2.27. The fraction of sp³-hybridized carbons (Fsp3) is 0.533. The monoisotopic (exact) mass is 233 g/mol. The molecule has 2 heteroatoms. The Labute approximate surface area is 104 Å². The average molecular weight is 233 g/mol. The van der Waals surface area contributed by atoms with E-state index in [9.17, 15) is 4.79 Å². The topological polar surface area (TPSA) is 43.1 Å². The molecular formula is C15H23NO. The minimum atomic E-state index is -0.0964. The van der Waals surface area contributed by atoms with Gasteiger partial charge in [0.15, 0.2) is 5.78 Å². The highest BCUT2D eigenvalue weighted by Gasteiger charge is 2.23. The highest BCUT2D eigenvalue weighted by molar-refractivity contribution is 5.96. The van der Waals surface area contributed by atoms with Crippen LogP contribution in [0.2, 0.25) is 0 Å². The lowest BCUT2D eigenvalue weighted by atomic mass is 9.83. The standard InChI is InChI=1S/C15H23NO/c1-5-11-6-8-12(9-7-11)13(17)10-14(16)15(2,3)4/h6-9,14H,5,10,16H2,1-4H3.